The molecule has 0 aliphatic rings. The molecule has 2 nitrogen and oxygen atoms in total. The Hall–Kier alpha value is -0.480. The maximum absolute atomic E-state index is 4.20. The van der Waals surface area contributed by atoms with E-state index < -0.39 is 0 Å². The Morgan fingerprint density at radius 2 is 2.00 bits per heavy atom. The summed E-state index contributed by atoms with van der Waals surface area (Å²) in [5.74, 6) is 0. The molecular formula is C8H4Br2N2. The van der Waals surface area contributed by atoms with E-state index in [0.29, 0.717) is 0 Å². The zero-order valence-corrected chi connectivity index (χ0v) is 9.13. The first-order chi connectivity index (χ1) is 5.79. The van der Waals surface area contributed by atoms with E-state index in [2.05, 4.69) is 41.8 Å². The highest BCUT2D eigenvalue weighted by Crippen LogP contribution is 2.28. The van der Waals surface area contributed by atoms with Gasteiger partial charge in [0.05, 0.1) is 16.2 Å². The molecule has 0 unspecified atom stereocenters. The van der Waals surface area contributed by atoms with Crippen LogP contribution in [0, 0.1) is 0 Å². The van der Waals surface area contributed by atoms with Gasteiger partial charge >= 0.3 is 0 Å². The molecule has 2 heterocycles. The average molecular weight is 288 g/mol. The van der Waals surface area contributed by atoms with Gasteiger partial charge in [-0.15, -0.1) is 0 Å². The summed E-state index contributed by atoms with van der Waals surface area (Å²) in [6.45, 7) is 0. The quantitative estimate of drug-likeness (QED) is 0.744. The van der Waals surface area contributed by atoms with Crippen LogP contribution in [0.25, 0.3) is 10.9 Å². The number of hydrogen-bond acceptors (Lipinski definition) is 2. The van der Waals surface area contributed by atoms with Crippen molar-refractivity contribution in [2.45, 2.75) is 0 Å². The lowest BCUT2D eigenvalue weighted by Gasteiger charge is -1.99. The summed E-state index contributed by atoms with van der Waals surface area (Å²) in [5, 5.41) is 1.07. The Morgan fingerprint density at radius 1 is 1.17 bits per heavy atom. The third-order valence-electron chi connectivity index (χ3n) is 1.56. The maximum Gasteiger partial charge on any atom is 0.0897 e. The summed E-state index contributed by atoms with van der Waals surface area (Å²) in [4.78, 5) is 8.19. The third kappa shape index (κ3) is 1.25. The maximum atomic E-state index is 4.20. The van der Waals surface area contributed by atoms with Gasteiger partial charge in [0, 0.05) is 22.3 Å². The first kappa shape index (κ1) is 8.13. The van der Waals surface area contributed by atoms with E-state index in [0.717, 1.165) is 19.8 Å². The van der Waals surface area contributed by atoms with E-state index in [9.17, 15) is 0 Å². The largest absolute Gasteiger partial charge is 0.262 e. The van der Waals surface area contributed by atoms with Gasteiger partial charge in [-0.3, -0.25) is 9.97 Å². The molecule has 0 bridgehead atoms. The van der Waals surface area contributed by atoms with E-state index in [4.69, 9.17) is 0 Å². The molecule has 2 aromatic heterocycles. The number of fused-ring (bicyclic) bond motifs is 1. The highest BCUT2D eigenvalue weighted by molar-refractivity contribution is 9.13. The van der Waals surface area contributed by atoms with E-state index >= 15 is 0 Å². The first-order valence-corrected chi connectivity index (χ1v) is 4.91. The number of pyridine rings is 2. The van der Waals surface area contributed by atoms with Gasteiger partial charge in [-0.1, -0.05) is 0 Å². The molecule has 0 N–H and O–H groups in total. The van der Waals surface area contributed by atoms with Crippen LogP contribution >= 0.6 is 31.9 Å². The van der Waals surface area contributed by atoms with Crippen LogP contribution in [-0.2, 0) is 0 Å². The second kappa shape index (κ2) is 3.11. The molecule has 0 aromatic carbocycles. The predicted octanol–water partition coefficient (Wildman–Crippen LogP) is 3.15. The van der Waals surface area contributed by atoms with Crippen molar-refractivity contribution in [2.24, 2.45) is 0 Å². The molecule has 2 aromatic rings. The molecule has 0 aliphatic carbocycles. The number of rotatable bonds is 0. The highest BCUT2D eigenvalue weighted by Gasteiger charge is 2.02. The van der Waals surface area contributed by atoms with Crippen molar-refractivity contribution in [1.29, 1.82) is 0 Å². The van der Waals surface area contributed by atoms with Crippen molar-refractivity contribution >= 4 is 42.8 Å². The fourth-order valence-corrected chi connectivity index (χ4v) is 1.74. The summed E-state index contributed by atoms with van der Waals surface area (Å²) in [7, 11) is 0. The SMILES string of the molecule is Brc1cnc2cnccc2c1Br. The van der Waals surface area contributed by atoms with Crippen LogP contribution in [0.5, 0.6) is 0 Å². The average Bonchev–Trinajstić information content (AvgIpc) is 2.12. The van der Waals surface area contributed by atoms with Crippen LogP contribution in [0.3, 0.4) is 0 Å². The van der Waals surface area contributed by atoms with E-state index in [1.54, 1.807) is 18.6 Å². The van der Waals surface area contributed by atoms with Gasteiger partial charge in [0.1, 0.15) is 0 Å². The van der Waals surface area contributed by atoms with Crippen LogP contribution in [0.1, 0.15) is 0 Å². The molecule has 2 rings (SSSR count). The van der Waals surface area contributed by atoms with Gasteiger partial charge in [-0.05, 0) is 37.9 Å². The lowest BCUT2D eigenvalue weighted by molar-refractivity contribution is 1.30. The minimum absolute atomic E-state index is 0.896. The fourth-order valence-electron chi connectivity index (χ4n) is 0.986. The molecule has 0 amide bonds. The molecule has 0 aliphatic heterocycles. The topological polar surface area (TPSA) is 25.8 Å². The smallest absolute Gasteiger partial charge is 0.0897 e. The summed E-state index contributed by atoms with van der Waals surface area (Å²) in [6.07, 6.45) is 5.25. The highest BCUT2D eigenvalue weighted by atomic mass is 79.9. The second-order valence-electron chi connectivity index (χ2n) is 2.31. The van der Waals surface area contributed by atoms with Crippen molar-refractivity contribution in [1.82, 2.24) is 9.97 Å². The van der Waals surface area contributed by atoms with Crippen LogP contribution in [-0.4, -0.2) is 9.97 Å². The molecule has 12 heavy (non-hydrogen) atoms. The first-order valence-electron chi connectivity index (χ1n) is 3.33. The fraction of sp³-hybridized carbons (Fsp3) is 0. The van der Waals surface area contributed by atoms with E-state index in [1.165, 1.54) is 0 Å². The molecule has 0 fully saturated rings. The molecule has 4 heteroatoms. The van der Waals surface area contributed by atoms with Crippen molar-refractivity contribution in [3.63, 3.8) is 0 Å². The standard InChI is InChI=1S/C8H4Br2N2/c9-6-3-12-7-4-11-2-1-5(7)8(6)10/h1-4H. The zero-order chi connectivity index (χ0) is 8.55. The zero-order valence-electron chi connectivity index (χ0n) is 5.96. The molecule has 0 saturated carbocycles. The van der Waals surface area contributed by atoms with Crippen molar-refractivity contribution in [3.8, 4) is 0 Å². The number of halogens is 2. The van der Waals surface area contributed by atoms with E-state index in [-0.39, 0.29) is 0 Å². The minimum atomic E-state index is 0.896. The van der Waals surface area contributed by atoms with Crippen LogP contribution < -0.4 is 0 Å². The van der Waals surface area contributed by atoms with Gasteiger partial charge in [0.2, 0.25) is 0 Å². The molecule has 60 valence electrons. The normalized spacial score (nSPS) is 10.5. The lowest BCUT2D eigenvalue weighted by atomic mass is 10.3. The van der Waals surface area contributed by atoms with Crippen molar-refractivity contribution in [2.75, 3.05) is 0 Å². The van der Waals surface area contributed by atoms with Crippen molar-refractivity contribution in [3.05, 3.63) is 33.6 Å². The second-order valence-corrected chi connectivity index (χ2v) is 3.96. The summed E-state index contributed by atoms with van der Waals surface area (Å²) < 4.78 is 1.98. The summed E-state index contributed by atoms with van der Waals surface area (Å²) >= 11 is 6.85. The summed E-state index contributed by atoms with van der Waals surface area (Å²) in [6, 6.07) is 1.93. The molecule has 0 atom stereocenters. The van der Waals surface area contributed by atoms with E-state index in [1.807, 2.05) is 6.07 Å². The molecule has 0 saturated heterocycles. The molecular weight excluding hydrogens is 284 g/mol. The molecule has 0 radical (unpaired) electrons. The van der Waals surface area contributed by atoms with Gasteiger partial charge in [-0.25, -0.2) is 0 Å². The van der Waals surface area contributed by atoms with Crippen LogP contribution in [0.4, 0.5) is 0 Å². The third-order valence-corrected chi connectivity index (χ3v) is 3.55. The Bertz CT molecular complexity index is 428. The van der Waals surface area contributed by atoms with Gasteiger partial charge in [0.25, 0.3) is 0 Å². The van der Waals surface area contributed by atoms with Gasteiger partial charge in [0.15, 0.2) is 0 Å². The number of hydrogen-bond donors (Lipinski definition) is 0. The Labute approximate surface area is 86.3 Å². The Morgan fingerprint density at radius 3 is 2.83 bits per heavy atom. The van der Waals surface area contributed by atoms with Gasteiger partial charge < -0.3 is 0 Å². The Balaban J connectivity index is 2.91. The van der Waals surface area contributed by atoms with Crippen LogP contribution in [0.15, 0.2) is 33.6 Å². The Kier molecular flexibility index (Phi) is 2.11. The van der Waals surface area contributed by atoms with Gasteiger partial charge in [-0.2, -0.15) is 0 Å². The molecule has 0 spiro atoms. The number of nitrogens with zero attached hydrogens (tertiary/aromatic N) is 2. The summed E-state index contributed by atoms with van der Waals surface area (Å²) in [5.41, 5.74) is 0.896. The monoisotopic (exact) mass is 286 g/mol. The predicted molar refractivity (Wildman–Crippen MR) is 54.9 cm³/mol. The lowest BCUT2D eigenvalue weighted by Crippen LogP contribution is -1.82. The van der Waals surface area contributed by atoms with Crippen LogP contribution in [0.2, 0.25) is 0 Å². The number of aromatic nitrogens is 2. The minimum Gasteiger partial charge on any atom is -0.262 e. The van der Waals surface area contributed by atoms with Crippen molar-refractivity contribution < 1.29 is 0 Å².